The minimum atomic E-state index is -0.273. The second-order valence-corrected chi connectivity index (χ2v) is 7.17. The number of amides is 1. The first kappa shape index (κ1) is 18.9. The molecule has 4 nitrogen and oxygen atoms in total. The molecule has 2 aromatic rings. The predicted molar refractivity (Wildman–Crippen MR) is 105 cm³/mol. The van der Waals surface area contributed by atoms with Crippen LogP contribution in [0.1, 0.15) is 42.5 Å². The highest BCUT2D eigenvalue weighted by Gasteiger charge is 2.19. The zero-order valence-electron chi connectivity index (χ0n) is 14.6. The van der Waals surface area contributed by atoms with Crippen LogP contribution in [0.2, 0.25) is 10.0 Å². The standard InChI is InChI=1S/C20H21Cl2NO3/c1-25-18-10-7-13(11-19(18)26-15-5-3-2-4-6-15)20(24)23-17-9-8-14(21)12-16(17)22/h7-12,15H,2-6H2,1H3,(H,23,24). The average molecular weight is 394 g/mol. The Morgan fingerprint density at radius 3 is 2.50 bits per heavy atom. The Morgan fingerprint density at radius 1 is 1.04 bits per heavy atom. The highest BCUT2D eigenvalue weighted by Crippen LogP contribution is 2.33. The van der Waals surface area contributed by atoms with Crippen LogP contribution in [0.25, 0.3) is 0 Å². The number of carbonyl (C=O) groups is 1. The summed E-state index contributed by atoms with van der Waals surface area (Å²) in [5.74, 6) is 0.941. The lowest BCUT2D eigenvalue weighted by atomic mass is 9.98. The zero-order chi connectivity index (χ0) is 18.5. The normalized spacial score (nSPS) is 14.7. The molecule has 0 radical (unpaired) electrons. The van der Waals surface area contributed by atoms with Crippen LogP contribution < -0.4 is 14.8 Å². The Labute approximate surface area is 163 Å². The fourth-order valence-electron chi connectivity index (χ4n) is 3.06. The van der Waals surface area contributed by atoms with Gasteiger partial charge in [-0.05, 0) is 62.1 Å². The number of rotatable bonds is 5. The fourth-order valence-corrected chi connectivity index (χ4v) is 3.51. The number of hydrogen-bond acceptors (Lipinski definition) is 3. The molecule has 3 rings (SSSR count). The lowest BCUT2D eigenvalue weighted by Crippen LogP contribution is -2.20. The van der Waals surface area contributed by atoms with Gasteiger partial charge in [0.05, 0.1) is 23.9 Å². The van der Waals surface area contributed by atoms with Gasteiger partial charge >= 0.3 is 0 Å². The van der Waals surface area contributed by atoms with E-state index in [1.807, 2.05) is 0 Å². The van der Waals surface area contributed by atoms with Crippen LogP contribution in [0.3, 0.4) is 0 Å². The number of methoxy groups -OCH3 is 1. The molecule has 1 fully saturated rings. The third-order valence-corrected chi connectivity index (χ3v) is 5.00. The van der Waals surface area contributed by atoms with E-state index in [1.165, 1.54) is 19.3 Å². The van der Waals surface area contributed by atoms with E-state index >= 15 is 0 Å². The average Bonchev–Trinajstić information content (AvgIpc) is 2.65. The van der Waals surface area contributed by atoms with Gasteiger partial charge in [0.2, 0.25) is 0 Å². The molecule has 138 valence electrons. The Bertz CT molecular complexity index is 789. The lowest BCUT2D eigenvalue weighted by Gasteiger charge is -2.24. The molecular formula is C20H21Cl2NO3. The summed E-state index contributed by atoms with van der Waals surface area (Å²) in [7, 11) is 1.59. The molecule has 2 aromatic carbocycles. The summed E-state index contributed by atoms with van der Waals surface area (Å²) in [6, 6.07) is 10.1. The maximum Gasteiger partial charge on any atom is 0.255 e. The number of halogens is 2. The van der Waals surface area contributed by atoms with Crippen LogP contribution in [0.4, 0.5) is 5.69 Å². The second-order valence-electron chi connectivity index (χ2n) is 6.32. The number of ether oxygens (including phenoxy) is 2. The summed E-state index contributed by atoms with van der Waals surface area (Å²) < 4.78 is 11.5. The molecule has 1 N–H and O–H groups in total. The summed E-state index contributed by atoms with van der Waals surface area (Å²) in [5, 5.41) is 3.70. The summed E-state index contributed by atoms with van der Waals surface area (Å²) in [4.78, 5) is 12.6. The molecule has 1 aliphatic carbocycles. The van der Waals surface area contributed by atoms with Crippen molar-refractivity contribution >= 4 is 34.8 Å². The quantitative estimate of drug-likeness (QED) is 0.680. The molecular weight excluding hydrogens is 373 g/mol. The van der Waals surface area contributed by atoms with Gasteiger partial charge in [-0.25, -0.2) is 0 Å². The molecule has 1 saturated carbocycles. The molecule has 0 heterocycles. The van der Waals surface area contributed by atoms with Crippen molar-refractivity contribution < 1.29 is 14.3 Å². The molecule has 1 amide bonds. The van der Waals surface area contributed by atoms with E-state index < -0.39 is 0 Å². The van der Waals surface area contributed by atoms with E-state index in [-0.39, 0.29) is 12.0 Å². The van der Waals surface area contributed by atoms with E-state index in [0.717, 1.165) is 12.8 Å². The molecule has 1 aliphatic rings. The van der Waals surface area contributed by atoms with Gasteiger partial charge in [-0.15, -0.1) is 0 Å². The van der Waals surface area contributed by atoms with E-state index in [4.69, 9.17) is 32.7 Å². The van der Waals surface area contributed by atoms with Crippen molar-refractivity contribution in [1.29, 1.82) is 0 Å². The topological polar surface area (TPSA) is 47.6 Å². The summed E-state index contributed by atoms with van der Waals surface area (Å²) in [6.07, 6.45) is 5.81. The van der Waals surface area contributed by atoms with Crippen LogP contribution >= 0.6 is 23.2 Å². The van der Waals surface area contributed by atoms with Gasteiger partial charge in [0.1, 0.15) is 0 Å². The maximum atomic E-state index is 12.6. The van der Waals surface area contributed by atoms with E-state index in [1.54, 1.807) is 43.5 Å². The van der Waals surface area contributed by atoms with Gasteiger partial charge in [0.25, 0.3) is 5.91 Å². The third kappa shape index (κ3) is 4.63. The highest BCUT2D eigenvalue weighted by atomic mass is 35.5. The first-order valence-electron chi connectivity index (χ1n) is 8.68. The minimum absolute atomic E-state index is 0.168. The Balaban J connectivity index is 1.78. The summed E-state index contributed by atoms with van der Waals surface area (Å²) in [5.41, 5.74) is 0.981. The number of benzene rings is 2. The monoisotopic (exact) mass is 393 g/mol. The number of hydrogen-bond donors (Lipinski definition) is 1. The predicted octanol–water partition coefficient (Wildman–Crippen LogP) is 5.97. The smallest absolute Gasteiger partial charge is 0.255 e. The van der Waals surface area contributed by atoms with Gasteiger partial charge in [0, 0.05) is 10.6 Å². The van der Waals surface area contributed by atoms with Crippen molar-refractivity contribution in [1.82, 2.24) is 0 Å². The molecule has 0 saturated heterocycles. The number of anilines is 1. The van der Waals surface area contributed by atoms with Gasteiger partial charge in [-0.3, -0.25) is 4.79 Å². The first-order chi connectivity index (χ1) is 12.6. The van der Waals surface area contributed by atoms with E-state index in [2.05, 4.69) is 5.32 Å². The van der Waals surface area contributed by atoms with E-state index in [9.17, 15) is 4.79 Å². The number of carbonyl (C=O) groups excluding carboxylic acids is 1. The molecule has 0 unspecified atom stereocenters. The van der Waals surface area contributed by atoms with Crippen molar-refractivity contribution in [3.63, 3.8) is 0 Å². The fraction of sp³-hybridized carbons (Fsp3) is 0.350. The van der Waals surface area contributed by atoms with Crippen LogP contribution in [-0.2, 0) is 0 Å². The Kier molecular flexibility index (Phi) is 6.28. The largest absolute Gasteiger partial charge is 0.493 e. The molecule has 0 atom stereocenters. The number of nitrogens with one attached hydrogen (secondary N) is 1. The second kappa shape index (κ2) is 8.65. The molecule has 0 bridgehead atoms. The van der Waals surface area contributed by atoms with Crippen LogP contribution in [0.15, 0.2) is 36.4 Å². The molecule has 26 heavy (non-hydrogen) atoms. The Morgan fingerprint density at radius 2 is 1.81 bits per heavy atom. The van der Waals surface area contributed by atoms with Crippen molar-refractivity contribution in [3.05, 3.63) is 52.0 Å². The molecule has 6 heteroatoms. The van der Waals surface area contributed by atoms with Crippen LogP contribution in [0.5, 0.6) is 11.5 Å². The van der Waals surface area contributed by atoms with Gasteiger partial charge in [0.15, 0.2) is 11.5 Å². The van der Waals surface area contributed by atoms with Gasteiger partial charge in [-0.2, -0.15) is 0 Å². The van der Waals surface area contributed by atoms with Crippen molar-refractivity contribution in [2.75, 3.05) is 12.4 Å². The van der Waals surface area contributed by atoms with Gasteiger partial charge in [-0.1, -0.05) is 29.6 Å². The van der Waals surface area contributed by atoms with Crippen LogP contribution in [0, 0.1) is 0 Å². The van der Waals surface area contributed by atoms with Crippen LogP contribution in [-0.4, -0.2) is 19.1 Å². The Hall–Kier alpha value is -1.91. The zero-order valence-corrected chi connectivity index (χ0v) is 16.1. The molecule has 0 aromatic heterocycles. The van der Waals surface area contributed by atoms with Crippen molar-refractivity contribution in [3.8, 4) is 11.5 Å². The third-order valence-electron chi connectivity index (χ3n) is 4.45. The van der Waals surface area contributed by atoms with Gasteiger partial charge < -0.3 is 14.8 Å². The van der Waals surface area contributed by atoms with Crippen molar-refractivity contribution in [2.24, 2.45) is 0 Å². The maximum absolute atomic E-state index is 12.6. The summed E-state index contributed by atoms with van der Waals surface area (Å²) in [6.45, 7) is 0. The molecule has 0 aliphatic heterocycles. The van der Waals surface area contributed by atoms with Crippen molar-refractivity contribution in [2.45, 2.75) is 38.2 Å². The first-order valence-corrected chi connectivity index (χ1v) is 9.43. The molecule has 0 spiro atoms. The highest BCUT2D eigenvalue weighted by molar-refractivity contribution is 6.36. The summed E-state index contributed by atoms with van der Waals surface area (Å²) >= 11 is 12.0. The lowest BCUT2D eigenvalue weighted by molar-refractivity contribution is 0.102. The van der Waals surface area contributed by atoms with E-state index in [0.29, 0.717) is 32.8 Å². The SMILES string of the molecule is COc1ccc(C(=O)Nc2ccc(Cl)cc2Cl)cc1OC1CCCCC1. The minimum Gasteiger partial charge on any atom is -0.493 e.